The maximum absolute atomic E-state index is 6.12. The van der Waals surface area contributed by atoms with E-state index in [0.717, 1.165) is 22.3 Å². The Hall–Kier alpha value is -0.390. The van der Waals surface area contributed by atoms with E-state index in [0.29, 0.717) is 6.61 Å². The van der Waals surface area contributed by atoms with E-state index in [9.17, 15) is 0 Å². The second-order valence-corrected chi connectivity index (χ2v) is 5.03. The largest absolute Gasteiger partial charge is 0.383 e. The summed E-state index contributed by atoms with van der Waals surface area (Å²) >= 11 is 3.53. The lowest BCUT2D eigenvalue weighted by atomic mass is 9.98. The van der Waals surface area contributed by atoms with Crippen molar-refractivity contribution in [3.63, 3.8) is 0 Å². The Balaban J connectivity index is 2.89. The topological polar surface area (TPSA) is 53.1 Å². The first-order valence-electron chi connectivity index (χ1n) is 4.83. The van der Waals surface area contributed by atoms with Crippen LogP contribution in [-0.4, -0.2) is 29.0 Å². The third-order valence-electron chi connectivity index (χ3n) is 2.31. The van der Waals surface area contributed by atoms with Gasteiger partial charge >= 0.3 is 0 Å². The average Bonchev–Trinajstić information content (AvgIpc) is 2.32. The second-order valence-electron chi connectivity index (χ2n) is 4.23. The molecular formula is C10H18BrN3O. The molecule has 15 heavy (non-hydrogen) atoms. The number of aromatic nitrogens is 2. The van der Waals surface area contributed by atoms with Gasteiger partial charge in [0.1, 0.15) is 0 Å². The smallest absolute Gasteiger partial charge is 0.0738 e. The van der Waals surface area contributed by atoms with Gasteiger partial charge in [0.2, 0.25) is 0 Å². The molecule has 0 aliphatic rings. The molecule has 1 atom stereocenters. The fourth-order valence-electron chi connectivity index (χ4n) is 1.64. The van der Waals surface area contributed by atoms with Crippen molar-refractivity contribution in [2.24, 2.45) is 12.8 Å². The molecule has 5 heteroatoms. The minimum absolute atomic E-state index is 0.364. The Morgan fingerprint density at radius 1 is 1.60 bits per heavy atom. The number of nitrogens with two attached hydrogens (primary N) is 1. The molecule has 1 aromatic rings. The summed E-state index contributed by atoms with van der Waals surface area (Å²) < 4.78 is 8.00. The maximum Gasteiger partial charge on any atom is 0.0738 e. The van der Waals surface area contributed by atoms with Crippen molar-refractivity contribution >= 4 is 15.9 Å². The van der Waals surface area contributed by atoms with Crippen molar-refractivity contribution in [1.82, 2.24) is 9.78 Å². The summed E-state index contributed by atoms with van der Waals surface area (Å²) in [5.41, 5.74) is 7.85. The first kappa shape index (κ1) is 12.7. The summed E-state index contributed by atoms with van der Waals surface area (Å²) in [5, 5.41) is 4.33. The van der Waals surface area contributed by atoms with Crippen LogP contribution in [0, 0.1) is 6.92 Å². The highest BCUT2D eigenvalue weighted by Crippen LogP contribution is 2.23. The molecule has 4 nitrogen and oxygen atoms in total. The monoisotopic (exact) mass is 275 g/mol. The van der Waals surface area contributed by atoms with E-state index >= 15 is 0 Å². The van der Waals surface area contributed by atoms with E-state index in [1.165, 1.54) is 0 Å². The quantitative estimate of drug-likeness (QED) is 0.904. The van der Waals surface area contributed by atoms with Gasteiger partial charge in [0.25, 0.3) is 0 Å². The predicted molar refractivity (Wildman–Crippen MR) is 63.8 cm³/mol. The highest BCUT2D eigenvalue weighted by molar-refractivity contribution is 9.10. The lowest BCUT2D eigenvalue weighted by Gasteiger charge is -2.23. The van der Waals surface area contributed by atoms with E-state index in [2.05, 4.69) is 21.0 Å². The summed E-state index contributed by atoms with van der Waals surface area (Å²) in [6, 6.07) is 0. The predicted octanol–water partition coefficient (Wildman–Crippen LogP) is 1.40. The molecule has 0 saturated carbocycles. The van der Waals surface area contributed by atoms with Gasteiger partial charge < -0.3 is 10.5 Å². The van der Waals surface area contributed by atoms with Gasteiger partial charge in [0.05, 0.1) is 22.5 Å². The van der Waals surface area contributed by atoms with Gasteiger partial charge in [0.15, 0.2) is 0 Å². The van der Waals surface area contributed by atoms with Gasteiger partial charge in [0, 0.05) is 26.1 Å². The van der Waals surface area contributed by atoms with Crippen LogP contribution in [0.25, 0.3) is 0 Å². The van der Waals surface area contributed by atoms with Crippen molar-refractivity contribution in [2.45, 2.75) is 25.8 Å². The zero-order valence-corrected chi connectivity index (χ0v) is 11.3. The van der Waals surface area contributed by atoms with Gasteiger partial charge in [-0.2, -0.15) is 5.10 Å². The van der Waals surface area contributed by atoms with Crippen molar-refractivity contribution in [2.75, 3.05) is 13.7 Å². The summed E-state index contributed by atoms with van der Waals surface area (Å²) in [6.07, 6.45) is 0.735. The number of nitrogens with zero attached hydrogens (tertiary/aromatic N) is 2. The molecule has 0 fully saturated rings. The molecule has 0 aromatic carbocycles. The maximum atomic E-state index is 6.12. The van der Waals surface area contributed by atoms with Crippen LogP contribution < -0.4 is 5.73 Å². The molecule has 0 bridgehead atoms. The average molecular weight is 276 g/mol. The number of methoxy groups -OCH3 is 1. The molecule has 86 valence electrons. The van der Waals surface area contributed by atoms with Crippen molar-refractivity contribution in [3.8, 4) is 0 Å². The highest BCUT2D eigenvalue weighted by Gasteiger charge is 2.23. The van der Waals surface area contributed by atoms with E-state index in [1.54, 1.807) is 7.11 Å². The Kier molecular flexibility index (Phi) is 3.92. The molecule has 0 saturated heterocycles. The molecular weight excluding hydrogens is 258 g/mol. The fourth-order valence-corrected chi connectivity index (χ4v) is 2.11. The lowest BCUT2D eigenvalue weighted by Crippen LogP contribution is -2.43. The molecule has 1 aromatic heterocycles. The highest BCUT2D eigenvalue weighted by atomic mass is 79.9. The van der Waals surface area contributed by atoms with Crippen molar-refractivity contribution in [3.05, 3.63) is 15.9 Å². The Morgan fingerprint density at radius 2 is 2.20 bits per heavy atom. The van der Waals surface area contributed by atoms with Gasteiger partial charge in [-0.3, -0.25) is 4.68 Å². The number of aryl methyl sites for hydroxylation is 2. The zero-order chi connectivity index (χ0) is 11.6. The molecule has 0 aliphatic carbocycles. The van der Waals surface area contributed by atoms with Crippen LogP contribution in [0.3, 0.4) is 0 Å². The first-order chi connectivity index (χ1) is 6.87. The van der Waals surface area contributed by atoms with Gasteiger partial charge in [-0.25, -0.2) is 0 Å². The number of halogens is 1. The number of hydrogen-bond donors (Lipinski definition) is 1. The Bertz CT molecular complexity index is 347. The van der Waals surface area contributed by atoms with Crippen LogP contribution in [0.15, 0.2) is 4.47 Å². The van der Waals surface area contributed by atoms with E-state index in [1.807, 2.05) is 25.6 Å². The molecule has 0 radical (unpaired) electrons. The third kappa shape index (κ3) is 3.03. The van der Waals surface area contributed by atoms with E-state index < -0.39 is 0 Å². The number of ether oxygens (including phenoxy) is 1. The fraction of sp³-hybridized carbons (Fsp3) is 0.700. The van der Waals surface area contributed by atoms with Crippen LogP contribution >= 0.6 is 15.9 Å². The minimum Gasteiger partial charge on any atom is -0.383 e. The molecule has 1 rings (SSSR count). The van der Waals surface area contributed by atoms with Crippen LogP contribution in [0.2, 0.25) is 0 Å². The SMILES string of the molecule is COCC(C)(N)Cc1c(Br)c(C)nn1C. The standard InChI is InChI=1S/C10H18BrN3O/c1-7-9(11)8(14(3)13-7)5-10(2,12)6-15-4/h5-6,12H2,1-4H3. The van der Waals surface area contributed by atoms with Crippen LogP contribution in [-0.2, 0) is 18.2 Å². The lowest BCUT2D eigenvalue weighted by molar-refractivity contribution is 0.139. The van der Waals surface area contributed by atoms with Crippen LogP contribution in [0.4, 0.5) is 0 Å². The zero-order valence-electron chi connectivity index (χ0n) is 9.67. The van der Waals surface area contributed by atoms with Gasteiger partial charge in [-0.15, -0.1) is 0 Å². The molecule has 1 heterocycles. The minimum atomic E-state index is -0.364. The summed E-state index contributed by atoms with van der Waals surface area (Å²) in [5.74, 6) is 0. The number of hydrogen-bond acceptors (Lipinski definition) is 3. The van der Waals surface area contributed by atoms with Crippen LogP contribution in [0.5, 0.6) is 0 Å². The molecule has 0 spiro atoms. The normalized spacial score (nSPS) is 15.3. The molecule has 2 N–H and O–H groups in total. The summed E-state index contributed by atoms with van der Waals surface area (Å²) in [6.45, 7) is 4.48. The Labute approximate surface area is 98.9 Å². The molecule has 1 unspecified atom stereocenters. The first-order valence-corrected chi connectivity index (χ1v) is 5.62. The van der Waals surface area contributed by atoms with Gasteiger partial charge in [-0.1, -0.05) is 0 Å². The number of rotatable bonds is 4. The summed E-state index contributed by atoms with van der Waals surface area (Å²) in [4.78, 5) is 0. The second kappa shape index (κ2) is 4.63. The van der Waals surface area contributed by atoms with Crippen LogP contribution in [0.1, 0.15) is 18.3 Å². The molecule has 0 aliphatic heterocycles. The van der Waals surface area contributed by atoms with Gasteiger partial charge in [-0.05, 0) is 29.8 Å². The third-order valence-corrected chi connectivity index (χ3v) is 3.34. The molecule has 0 amide bonds. The van der Waals surface area contributed by atoms with Crippen molar-refractivity contribution in [1.29, 1.82) is 0 Å². The Morgan fingerprint density at radius 3 is 2.60 bits per heavy atom. The summed E-state index contributed by atoms with van der Waals surface area (Å²) in [7, 11) is 3.59. The van der Waals surface area contributed by atoms with Crippen molar-refractivity contribution < 1.29 is 4.74 Å². The van der Waals surface area contributed by atoms with E-state index in [4.69, 9.17) is 10.5 Å². The van der Waals surface area contributed by atoms with E-state index in [-0.39, 0.29) is 5.54 Å².